The van der Waals surface area contributed by atoms with Crippen LogP contribution in [-0.2, 0) is 17.9 Å². The third-order valence-electron chi connectivity index (χ3n) is 2.78. The first kappa shape index (κ1) is 14.8. The topological polar surface area (TPSA) is 102 Å². The highest BCUT2D eigenvalue weighted by Gasteiger charge is 2.14. The molecule has 2 aromatic rings. The highest BCUT2D eigenvalue weighted by atomic mass is 16.4. The lowest BCUT2D eigenvalue weighted by atomic mass is 10.3. The number of hydrogen-bond donors (Lipinski definition) is 2. The third-order valence-corrected chi connectivity index (χ3v) is 2.78. The summed E-state index contributed by atoms with van der Waals surface area (Å²) in [5, 5.41) is 19.6. The maximum atomic E-state index is 12.0. The van der Waals surface area contributed by atoms with E-state index in [1.165, 1.54) is 16.9 Å². The number of amides is 1. The lowest BCUT2D eigenvalue weighted by Gasteiger charge is -2.12. The molecule has 0 saturated heterocycles. The van der Waals surface area contributed by atoms with Gasteiger partial charge in [0.2, 0.25) is 0 Å². The summed E-state index contributed by atoms with van der Waals surface area (Å²) >= 11 is 0. The first-order chi connectivity index (χ1) is 9.94. The smallest absolute Gasteiger partial charge is 0.325 e. The number of carboxylic acids is 1. The van der Waals surface area contributed by atoms with E-state index in [0.717, 1.165) is 5.69 Å². The number of carbonyl (C=O) groups excluding carboxylic acids is 1. The molecule has 0 radical (unpaired) electrons. The van der Waals surface area contributed by atoms with Gasteiger partial charge in [-0.05, 0) is 26.0 Å². The van der Waals surface area contributed by atoms with Crippen LogP contribution < -0.4 is 5.32 Å². The molecule has 0 aliphatic carbocycles. The fourth-order valence-corrected chi connectivity index (χ4v) is 1.90. The number of carbonyl (C=O) groups is 2. The summed E-state index contributed by atoms with van der Waals surface area (Å²) in [5.74, 6) is -1.34. The van der Waals surface area contributed by atoms with Crippen molar-refractivity contribution >= 4 is 11.9 Å². The highest BCUT2D eigenvalue weighted by Crippen LogP contribution is 1.99. The van der Waals surface area contributed by atoms with Crippen LogP contribution in [0.4, 0.5) is 0 Å². The van der Waals surface area contributed by atoms with E-state index >= 15 is 0 Å². The minimum Gasteiger partial charge on any atom is -0.480 e. The fourth-order valence-electron chi connectivity index (χ4n) is 1.90. The Balaban J connectivity index is 1.91. The van der Waals surface area contributed by atoms with E-state index in [2.05, 4.69) is 15.5 Å². The van der Waals surface area contributed by atoms with Crippen molar-refractivity contribution in [2.75, 3.05) is 0 Å². The van der Waals surface area contributed by atoms with Gasteiger partial charge in [0.1, 0.15) is 12.2 Å². The van der Waals surface area contributed by atoms with Gasteiger partial charge in [-0.1, -0.05) is 0 Å². The van der Waals surface area contributed by atoms with Crippen molar-refractivity contribution in [2.45, 2.75) is 33.0 Å². The Morgan fingerprint density at radius 3 is 2.62 bits per heavy atom. The minimum absolute atomic E-state index is 0.124. The zero-order chi connectivity index (χ0) is 15.4. The highest BCUT2D eigenvalue weighted by molar-refractivity contribution is 5.92. The average molecular weight is 291 g/mol. The number of aromatic nitrogens is 4. The van der Waals surface area contributed by atoms with Crippen molar-refractivity contribution in [3.63, 3.8) is 0 Å². The lowest BCUT2D eigenvalue weighted by molar-refractivity contribution is -0.137. The molecule has 1 unspecified atom stereocenters. The number of rotatable bonds is 6. The number of nitrogens with one attached hydrogen (secondary N) is 1. The van der Waals surface area contributed by atoms with Crippen molar-refractivity contribution in [2.24, 2.45) is 0 Å². The predicted molar refractivity (Wildman–Crippen MR) is 73.8 cm³/mol. The molecule has 0 saturated carbocycles. The SMILES string of the molecule is Cc1ccn(CC(C)NC(=O)c2ccn(CC(=O)O)n2)n1. The minimum atomic E-state index is -1.01. The van der Waals surface area contributed by atoms with E-state index in [0.29, 0.717) is 6.54 Å². The monoisotopic (exact) mass is 291 g/mol. The molecule has 2 rings (SSSR count). The van der Waals surface area contributed by atoms with Gasteiger partial charge in [0.25, 0.3) is 5.91 Å². The first-order valence-electron chi connectivity index (χ1n) is 6.50. The molecule has 0 aliphatic heterocycles. The molecule has 0 bridgehead atoms. The van der Waals surface area contributed by atoms with Gasteiger partial charge in [-0.25, -0.2) is 0 Å². The van der Waals surface area contributed by atoms with Gasteiger partial charge in [-0.2, -0.15) is 10.2 Å². The Hall–Kier alpha value is -2.64. The maximum Gasteiger partial charge on any atom is 0.325 e. The summed E-state index contributed by atoms with van der Waals surface area (Å²) < 4.78 is 2.96. The Kier molecular flexibility index (Phi) is 4.36. The summed E-state index contributed by atoms with van der Waals surface area (Å²) in [4.78, 5) is 22.5. The third kappa shape index (κ3) is 4.16. The van der Waals surface area contributed by atoms with Crippen LogP contribution >= 0.6 is 0 Å². The fraction of sp³-hybridized carbons (Fsp3) is 0.385. The number of aryl methyl sites for hydroxylation is 1. The van der Waals surface area contributed by atoms with E-state index < -0.39 is 5.97 Å². The molecule has 2 aromatic heterocycles. The van der Waals surface area contributed by atoms with Crippen molar-refractivity contribution in [1.82, 2.24) is 24.9 Å². The van der Waals surface area contributed by atoms with Crippen LogP contribution in [-0.4, -0.2) is 42.6 Å². The molecular formula is C13H17N5O3. The van der Waals surface area contributed by atoms with Crippen molar-refractivity contribution in [3.8, 4) is 0 Å². The molecule has 0 fully saturated rings. The largest absolute Gasteiger partial charge is 0.480 e. The molecule has 8 heteroatoms. The van der Waals surface area contributed by atoms with E-state index in [-0.39, 0.29) is 24.2 Å². The molecule has 112 valence electrons. The summed E-state index contributed by atoms with van der Waals surface area (Å²) in [6.07, 6.45) is 3.31. The second-order valence-corrected chi connectivity index (χ2v) is 4.85. The summed E-state index contributed by atoms with van der Waals surface area (Å²) in [6.45, 7) is 4.04. The van der Waals surface area contributed by atoms with Gasteiger partial charge in [-0.3, -0.25) is 19.0 Å². The van der Waals surface area contributed by atoms with Crippen molar-refractivity contribution in [3.05, 3.63) is 35.9 Å². The zero-order valence-electron chi connectivity index (χ0n) is 11.9. The van der Waals surface area contributed by atoms with Crippen LogP contribution in [0.2, 0.25) is 0 Å². The Bertz CT molecular complexity index is 646. The molecular weight excluding hydrogens is 274 g/mol. The van der Waals surface area contributed by atoms with Gasteiger partial charge in [0, 0.05) is 18.4 Å². The molecule has 0 spiro atoms. The lowest BCUT2D eigenvalue weighted by Crippen LogP contribution is -2.36. The Labute approximate surface area is 121 Å². The molecule has 2 N–H and O–H groups in total. The summed E-state index contributed by atoms with van der Waals surface area (Å²) in [5.41, 5.74) is 1.11. The predicted octanol–water partition coefficient (Wildman–Crippen LogP) is 0.291. The van der Waals surface area contributed by atoms with Crippen LogP contribution in [0.5, 0.6) is 0 Å². The zero-order valence-corrected chi connectivity index (χ0v) is 11.9. The molecule has 8 nitrogen and oxygen atoms in total. The van der Waals surface area contributed by atoms with Gasteiger partial charge in [0.05, 0.1) is 12.2 Å². The van der Waals surface area contributed by atoms with Gasteiger partial charge in [0.15, 0.2) is 0 Å². The standard InChI is InChI=1S/C13H17N5O3/c1-9-3-5-17(15-9)7-10(2)14-13(21)11-4-6-18(16-11)8-12(19)20/h3-6,10H,7-8H2,1-2H3,(H,14,21)(H,19,20). The maximum absolute atomic E-state index is 12.0. The Morgan fingerprint density at radius 1 is 1.29 bits per heavy atom. The van der Waals surface area contributed by atoms with E-state index in [1.54, 1.807) is 4.68 Å². The van der Waals surface area contributed by atoms with E-state index in [9.17, 15) is 9.59 Å². The van der Waals surface area contributed by atoms with Crippen LogP contribution in [0.3, 0.4) is 0 Å². The molecule has 21 heavy (non-hydrogen) atoms. The second kappa shape index (κ2) is 6.21. The Morgan fingerprint density at radius 2 is 2.00 bits per heavy atom. The number of carboxylic acid groups (broad SMARTS) is 1. The molecule has 2 heterocycles. The molecule has 1 atom stereocenters. The molecule has 0 aliphatic rings. The number of aliphatic carboxylic acids is 1. The van der Waals surface area contributed by atoms with Crippen molar-refractivity contribution < 1.29 is 14.7 Å². The van der Waals surface area contributed by atoms with Gasteiger partial charge >= 0.3 is 5.97 Å². The van der Waals surface area contributed by atoms with Crippen LogP contribution in [0.25, 0.3) is 0 Å². The van der Waals surface area contributed by atoms with E-state index in [4.69, 9.17) is 5.11 Å². The van der Waals surface area contributed by atoms with Gasteiger partial charge in [-0.15, -0.1) is 0 Å². The van der Waals surface area contributed by atoms with E-state index in [1.807, 2.05) is 26.1 Å². The number of nitrogens with zero attached hydrogens (tertiary/aromatic N) is 4. The van der Waals surface area contributed by atoms with Crippen LogP contribution in [0.15, 0.2) is 24.5 Å². The van der Waals surface area contributed by atoms with Crippen LogP contribution in [0.1, 0.15) is 23.1 Å². The number of hydrogen-bond acceptors (Lipinski definition) is 4. The molecule has 1 amide bonds. The van der Waals surface area contributed by atoms with Crippen molar-refractivity contribution in [1.29, 1.82) is 0 Å². The quantitative estimate of drug-likeness (QED) is 0.796. The summed E-state index contributed by atoms with van der Waals surface area (Å²) in [7, 11) is 0. The average Bonchev–Trinajstić information content (AvgIpc) is 2.98. The van der Waals surface area contributed by atoms with Crippen LogP contribution in [0, 0.1) is 6.92 Å². The van der Waals surface area contributed by atoms with Gasteiger partial charge < -0.3 is 10.4 Å². The second-order valence-electron chi connectivity index (χ2n) is 4.85. The normalized spacial score (nSPS) is 12.1. The first-order valence-corrected chi connectivity index (χ1v) is 6.50. The molecule has 0 aromatic carbocycles. The summed E-state index contributed by atoms with van der Waals surface area (Å²) in [6, 6.07) is 3.26.